The summed E-state index contributed by atoms with van der Waals surface area (Å²) in [6.45, 7) is 2.32. The number of carbonyl (C=O) groups is 2. The van der Waals surface area contributed by atoms with Gasteiger partial charge >= 0.3 is 5.97 Å². The van der Waals surface area contributed by atoms with Crippen LogP contribution in [0.2, 0.25) is 0 Å². The number of nitrogens with zero attached hydrogens (tertiary/aromatic N) is 1. The van der Waals surface area contributed by atoms with Crippen LogP contribution in [-0.4, -0.2) is 28.1 Å². The molecule has 0 spiro atoms. The number of carboxylic acid groups (broad SMARTS) is 1. The molecule has 0 aromatic carbocycles. The van der Waals surface area contributed by atoms with Gasteiger partial charge in [-0.05, 0) is 12.5 Å². The zero-order valence-corrected chi connectivity index (χ0v) is 11.5. The Labute approximate surface area is 117 Å². The molecule has 2 N–H and O–H groups in total. The first-order valence-electron chi connectivity index (χ1n) is 6.69. The minimum atomic E-state index is -0.897. The number of aromatic nitrogens is 1. The molecule has 1 unspecified atom stereocenters. The fourth-order valence-electron chi connectivity index (χ4n) is 1.85. The second-order valence-corrected chi connectivity index (χ2v) is 4.61. The molecule has 6 nitrogen and oxygen atoms in total. The van der Waals surface area contributed by atoms with Crippen molar-refractivity contribution in [1.29, 1.82) is 0 Å². The van der Waals surface area contributed by atoms with Crippen LogP contribution in [-0.2, 0) is 16.1 Å². The van der Waals surface area contributed by atoms with Crippen LogP contribution in [0.1, 0.15) is 26.2 Å². The highest BCUT2D eigenvalue weighted by atomic mass is 16.4. The molecule has 0 aliphatic rings. The second kappa shape index (κ2) is 8.14. The van der Waals surface area contributed by atoms with Gasteiger partial charge in [-0.25, -0.2) is 0 Å². The number of carboxylic acids is 1. The van der Waals surface area contributed by atoms with E-state index in [4.69, 9.17) is 5.11 Å². The van der Waals surface area contributed by atoms with Gasteiger partial charge in [0.1, 0.15) is 0 Å². The van der Waals surface area contributed by atoms with Gasteiger partial charge in [0.2, 0.25) is 5.91 Å². The van der Waals surface area contributed by atoms with Crippen molar-refractivity contribution in [3.05, 3.63) is 34.7 Å². The van der Waals surface area contributed by atoms with E-state index < -0.39 is 11.9 Å². The van der Waals surface area contributed by atoms with Gasteiger partial charge in [0.05, 0.1) is 5.92 Å². The Kier molecular flexibility index (Phi) is 6.49. The summed E-state index contributed by atoms with van der Waals surface area (Å²) in [5.74, 6) is -1.70. The van der Waals surface area contributed by atoms with Crippen molar-refractivity contribution < 1.29 is 14.7 Å². The van der Waals surface area contributed by atoms with E-state index in [1.807, 2.05) is 6.92 Å². The highest BCUT2D eigenvalue weighted by molar-refractivity contribution is 5.77. The number of rotatable bonds is 8. The van der Waals surface area contributed by atoms with E-state index in [1.165, 1.54) is 10.6 Å². The fraction of sp³-hybridized carbons (Fsp3) is 0.500. The molecular formula is C14H20N2O4. The Morgan fingerprint density at radius 3 is 2.75 bits per heavy atom. The minimum Gasteiger partial charge on any atom is -0.481 e. The smallest absolute Gasteiger partial charge is 0.308 e. The molecule has 0 aliphatic heterocycles. The third kappa shape index (κ3) is 5.26. The van der Waals surface area contributed by atoms with Crippen molar-refractivity contribution in [3.63, 3.8) is 0 Å². The Bertz CT molecular complexity index is 510. The maximum Gasteiger partial charge on any atom is 0.308 e. The molecule has 0 aliphatic carbocycles. The topological polar surface area (TPSA) is 88.4 Å². The SMILES string of the molecule is CCCC(CNC(=O)CCn1ccccc1=O)C(=O)O. The van der Waals surface area contributed by atoms with Crippen molar-refractivity contribution in [3.8, 4) is 0 Å². The number of hydrogen-bond donors (Lipinski definition) is 2. The zero-order chi connectivity index (χ0) is 15.0. The summed E-state index contributed by atoms with van der Waals surface area (Å²) in [7, 11) is 0. The van der Waals surface area contributed by atoms with Crippen LogP contribution in [0, 0.1) is 5.92 Å². The molecule has 1 amide bonds. The first-order chi connectivity index (χ1) is 9.54. The highest BCUT2D eigenvalue weighted by Crippen LogP contribution is 2.05. The molecule has 1 aromatic rings. The number of pyridine rings is 1. The van der Waals surface area contributed by atoms with Crippen LogP contribution in [0.3, 0.4) is 0 Å². The summed E-state index contributed by atoms with van der Waals surface area (Å²) in [4.78, 5) is 34.0. The highest BCUT2D eigenvalue weighted by Gasteiger charge is 2.16. The van der Waals surface area contributed by atoms with Crippen molar-refractivity contribution in [2.45, 2.75) is 32.7 Å². The maximum absolute atomic E-state index is 11.6. The minimum absolute atomic E-state index is 0.131. The standard InChI is InChI=1S/C14H20N2O4/c1-2-5-11(14(19)20)10-15-12(17)7-9-16-8-4-3-6-13(16)18/h3-4,6,8,11H,2,5,7,9-10H2,1H3,(H,15,17)(H,19,20). The molecular weight excluding hydrogens is 260 g/mol. The lowest BCUT2D eigenvalue weighted by atomic mass is 10.0. The van der Waals surface area contributed by atoms with E-state index in [9.17, 15) is 14.4 Å². The zero-order valence-electron chi connectivity index (χ0n) is 11.5. The van der Waals surface area contributed by atoms with Crippen molar-refractivity contribution >= 4 is 11.9 Å². The molecule has 1 aromatic heterocycles. The van der Waals surface area contributed by atoms with Crippen LogP contribution >= 0.6 is 0 Å². The van der Waals surface area contributed by atoms with Crippen LogP contribution in [0.5, 0.6) is 0 Å². The van der Waals surface area contributed by atoms with Gasteiger partial charge in [0.15, 0.2) is 0 Å². The summed E-state index contributed by atoms with van der Waals surface area (Å²) in [5.41, 5.74) is -0.158. The molecule has 0 saturated heterocycles. The normalized spacial score (nSPS) is 11.8. The van der Waals surface area contributed by atoms with Gasteiger partial charge < -0.3 is 15.0 Å². The van der Waals surface area contributed by atoms with Gasteiger partial charge in [0, 0.05) is 31.8 Å². The molecule has 0 bridgehead atoms. The lowest BCUT2D eigenvalue weighted by Crippen LogP contribution is -2.33. The number of aliphatic carboxylic acids is 1. The van der Waals surface area contributed by atoms with E-state index >= 15 is 0 Å². The lowest BCUT2D eigenvalue weighted by molar-refractivity contribution is -0.141. The first-order valence-corrected chi connectivity index (χ1v) is 6.69. The van der Waals surface area contributed by atoms with Crippen LogP contribution in [0.15, 0.2) is 29.2 Å². The summed E-state index contributed by atoms with van der Waals surface area (Å²) in [6.07, 6.45) is 3.06. The van der Waals surface area contributed by atoms with Crippen molar-refractivity contribution in [2.24, 2.45) is 5.92 Å². The van der Waals surface area contributed by atoms with E-state index in [1.54, 1.807) is 18.3 Å². The molecule has 1 rings (SSSR count). The lowest BCUT2D eigenvalue weighted by Gasteiger charge is -2.12. The van der Waals surface area contributed by atoms with E-state index in [-0.39, 0.29) is 31.0 Å². The third-order valence-electron chi connectivity index (χ3n) is 3.01. The van der Waals surface area contributed by atoms with Crippen LogP contribution in [0.25, 0.3) is 0 Å². The predicted molar refractivity (Wildman–Crippen MR) is 74.4 cm³/mol. The average molecular weight is 280 g/mol. The van der Waals surface area contributed by atoms with Gasteiger partial charge in [-0.3, -0.25) is 14.4 Å². The summed E-state index contributed by atoms with van der Waals surface area (Å²) in [5, 5.41) is 11.6. The monoisotopic (exact) mass is 280 g/mol. The first kappa shape index (κ1) is 15.9. The van der Waals surface area contributed by atoms with Gasteiger partial charge in [0.25, 0.3) is 5.56 Å². The number of amides is 1. The summed E-state index contributed by atoms with van der Waals surface area (Å²) >= 11 is 0. The molecule has 1 atom stereocenters. The second-order valence-electron chi connectivity index (χ2n) is 4.61. The maximum atomic E-state index is 11.6. The van der Waals surface area contributed by atoms with Gasteiger partial charge in [-0.15, -0.1) is 0 Å². The molecule has 0 saturated carbocycles. The Morgan fingerprint density at radius 2 is 2.15 bits per heavy atom. The Hall–Kier alpha value is -2.11. The predicted octanol–water partition coefficient (Wildman–Crippen LogP) is 0.856. The van der Waals surface area contributed by atoms with Crippen molar-refractivity contribution in [1.82, 2.24) is 9.88 Å². The number of hydrogen-bond acceptors (Lipinski definition) is 3. The molecule has 1 heterocycles. The van der Waals surface area contributed by atoms with E-state index in [2.05, 4.69) is 5.32 Å². The molecule has 0 fully saturated rings. The molecule has 0 radical (unpaired) electrons. The van der Waals surface area contributed by atoms with Crippen LogP contribution < -0.4 is 10.9 Å². The molecule has 110 valence electrons. The number of aryl methyl sites for hydroxylation is 1. The van der Waals surface area contributed by atoms with Crippen molar-refractivity contribution in [2.75, 3.05) is 6.54 Å². The average Bonchev–Trinajstić information content (AvgIpc) is 2.42. The molecule has 6 heteroatoms. The van der Waals surface area contributed by atoms with Gasteiger partial charge in [-0.2, -0.15) is 0 Å². The quantitative estimate of drug-likeness (QED) is 0.739. The third-order valence-corrected chi connectivity index (χ3v) is 3.01. The van der Waals surface area contributed by atoms with E-state index in [0.717, 1.165) is 6.42 Å². The molecule has 20 heavy (non-hydrogen) atoms. The number of carbonyl (C=O) groups excluding carboxylic acids is 1. The largest absolute Gasteiger partial charge is 0.481 e. The summed E-state index contributed by atoms with van der Waals surface area (Å²) in [6, 6.07) is 4.79. The summed E-state index contributed by atoms with van der Waals surface area (Å²) < 4.78 is 1.44. The number of nitrogens with one attached hydrogen (secondary N) is 1. The van der Waals surface area contributed by atoms with E-state index in [0.29, 0.717) is 6.42 Å². The van der Waals surface area contributed by atoms with Crippen LogP contribution in [0.4, 0.5) is 0 Å². The van der Waals surface area contributed by atoms with Gasteiger partial charge in [-0.1, -0.05) is 19.4 Å². The fourth-order valence-corrected chi connectivity index (χ4v) is 1.85. The Morgan fingerprint density at radius 1 is 1.40 bits per heavy atom. The Balaban J connectivity index is 2.39.